The molecule has 0 aliphatic heterocycles. The van der Waals surface area contributed by atoms with Crippen molar-refractivity contribution in [1.29, 1.82) is 0 Å². The van der Waals surface area contributed by atoms with Crippen molar-refractivity contribution in [2.45, 2.75) is 6.42 Å². The second kappa shape index (κ2) is 9.72. The first-order valence-electron chi connectivity index (χ1n) is 9.21. The van der Waals surface area contributed by atoms with Crippen LogP contribution in [0.4, 0.5) is 0 Å². The van der Waals surface area contributed by atoms with Crippen molar-refractivity contribution < 1.29 is 9.84 Å². The highest BCUT2D eigenvalue weighted by molar-refractivity contribution is 5.98. The van der Waals surface area contributed by atoms with Crippen LogP contribution in [0.2, 0.25) is 0 Å². The zero-order valence-electron chi connectivity index (χ0n) is 15.3. The van der Waals surface area contributed by atoms with E-state index in [-0.39, 0.29) is 6.61 Å². The lowest BCUT2D eigenvalue weighted by Crippen LogP contribution is -2.10. The van der Waals surface area contributed by atoms with Gasteiger partial charge in [-0.25, -0.2) is 0 Å². The monoisotopic (exact) mass is 359 g/mol. The molecule has 3 aromatic carbocycles. The van der Waals surface area contributed by atoms with E-state index in [1.165, 1.54) is 0 Å². The van der Waals surface area contributed by atoms with E-state index in [1.807, 2.05) is 48.5 Å². The molecule has 0 radical (unpaired) electrons. The van der Waals surface area contributed by atoms with Crippen molar-refractivity contribution in [3.63, 3.8) is 0 Å². The van der Waals surface area contributed by atoms with E-state index in [9.17, 15) is 5.11 Å². The Hall–Kier alpha value is -2.88. The fourth-order valence-electron chi connectivity index (χ4n) is 3.18. The molecule has 0 saturated carbocycles. The maximum absolute atomic E-state index is 9.72. The molecule has 0 saturated heterocycles. The van der Waals surface area contributed by atoms with Gasteiger partial charge in [0.2, 0.25) is 0 Å². The molecular formula is C24H25NO2. The number of aliphatic hydroxyl groups is 1. The molecular weight excluding hydrogens is 334 g/mol. The summed E-state index contributed by atoms with van der Waals surface area (Å²) in [7, 11) is 0. The number of aliphatic hydroxyl groups excluding tert-OH is 1. The zero-order chi connectivity index (χ0) is 18.9. The van der Waals surface area contributed by atoms with Crippen LogP contribution in [-0.2, 0) is 0 Å². The van der Waals surface area contributed by atoms with Crippen LogP contribution in [0, 0.1) is 0 Å². The van der Waals surface area contributed by atoms with E-state index in [4.69, 9.17) is 10.5 Å². The van der Waals surface area contributed by atoms with Crippen molar-refractivity contribution >= 4 is 11.1 Å². The second-order valence-electron chi connectivity index (χ2n) is 6.22. The molecule has 3 nitrogen and oxygen atoms in total. The number of rotatable bonds is 8. The van der Waals surface area contributed by atoms with Gasteiger partial charge in [-0.05, 0) is 46.4 Å². The Morgan fingerprint density at radius 2 is 1.30 bits per heavy atom. The normalized spacial score (nSPS) is 11.8. The number of hydrogen-bond donors (Lipinski definition) is 2. The molecule has 0 amide bonds. The Morgan fingerprint density at radius 3 is 1.85 bits per heavy atom. The van der Waals surface area contributed by atoms with Crippen LogP contribution < -0.4 is 10.5 Å². The van der Waals surface area contributed by atoms with E-state index in [2.05, 4.69) is 36.4 Å². The second-order valence-corrected chi connectivity index (χ2v) is 6.22. The van der Waals surface area contributed by atoms with Crippen molar-refractivity contribution in [2.24, 2.45) is 5.73 Å². The molecule has 3 rings (SSSR count). The van der Waals surface area contributed by atoms with Crippen LogP contribution in [0.15, 0.2) is 84.9 Å². The lowest BCUT2D eigenvalue weighted by atomic mass is 9.88. The topological polar surface area (TPSA) is 55.5 Å². The largest absolute Gasteiger partial charge is 0.492 e. The number of benzene rings is 3. The van der Waals surface area contributed by atoms with Gasteiger partial charge in [0, 0.05) is 13.2 Å². The quantitative estimate of drug-likeness (QED) is 0.587. The Balaban J connectivity index is 2.13. The standard InChI is InChI=1S/C24H25NO2/c25-16-18-27-22-13-11-21(12-14-22)24(20-9-5-2-6-10-20)23(15-17-26)19-7-3-1-4-8-19/h1-14,26H,15-18,25H2. The van der Waals surface area contributed by atoms with Gasteiger partial charge < -0.3 is 15.6 Å². The van der Waals surface area contributed by atoms with Crippen LogP contribution in [0.5, 0.6) is 5.75 Å². The average Bonchev–Trinajstić information content (AvgIpc) is 2.74. The molecule has 138 valence electrons. The van der Waals surface area contributed by atoms with Gasteiger partial charge in [0.25, 0.3) is 0 Å². The molecule has 0 unspecified atom stereocenters. The van der Waals surface area contributed by atoms with Crippen molar-refractivity contribution in [1.82, 2.24) is 0 Å². The lowest BCUT2D eigenvalue weighted by Gasteiger charge is -2.17. The van der Waals surface area contributed by atoms with Gasteiger partial charge in [-0.15, -0.1) is 0 Å². The maximum Gasteiger partial charge on any atom is 0.119 e. The Kier molecular flexibility index (Phi) is 6.80. The van der Waals surface area contributed by atoms with E-state index in [0.717, 1.165) is 33.6 Å². The zero-order valence-corrected chi connectivity index (χ0v) is 15.3. The third-order valence-corrected chi connectivity index (χ3v) is 4.38. The number of nitrogens with two attached hydrogens (primary N) is 1. The SMILES string of the molecule is NCCOc1ccc(C(=C(CCO)c2ccccc2)c2ccccc2)cc1. The maximum atomic E-state index is 9.72. The van der Waals surface area contributed by atoms with Crippen LogP contribution in [0.25, 0.3) is 11.1 Å². The fraction of sp³-hybridized carbons (Fsp3) is 0.167. The summed E-state index contributed by atoms with van der Waals surface area (Å²) in [4.78, 5) is 0. The molecule has 0 aliphatic rings. The highest BCUT2D eigenvalue weighted by Crippen LogP contribution is 2.34. The van der Waals surface area contributed by atoms with Crippen LogP contribution >= 0.6 is 0 Å². The predicted octanol–water partition coefficient (Wildman–Crippen LogP) is 4.37. The first kappa shape index (κ1) is 18.9. The summed E-state index contributed by atoms with van der Waals surface area (Å²) in [6.07, 6.45) is 0.583. The van der Waals surface area contributed by atoms with Crippen LogP contribution in [0.3, 0.4) is 0 Å². The summed E-state index contributed by atoms with van der Waals surface area (Å²) in [5, 5.41) is 9.72. The molecule has 0 bridgehead atoms. The smallest absolute Gasteiger partial charge is 0.119 e. The van der Waals surface area contributed by atoms with Crippen molar-refractivity contribution in [3.05, 3.63) is 102 Å². The number of hydrogen-bond acceptors (Lipinski definition) is 3. The minimum atomic E-state index is 0.0955. The molecule has 27 heavy (non-hydrogen) atoms. The minimum Gasteiger partial charge on any atom is -0.492 e. The molecule has 0 aliphatic carbocycles. The Bertz CT molecular complexity index is 856. The van der Waals surface area contributed by atoms with E-state index in [1.54, 1.807) is 0 Å². The summed E-state index contributed by atoms with van der Waals surface area (Å²) in [5.41, 5.74) is 11.1. The predicted molar refractivity (Wildman–Crippen MR) is 111 cm³/mol. The fourth-order valence-corrected chi connectivity index (χ4v) is 3.18. The van der Waals surface area contributed by atoms with Crippen LogP contribution in [-0.4, -0.2) is 24.9 Å². The van der Waals surface area contributed by atoms with Gasteiger partial charge in [0.05, 0.1) is 0 Å². The Morgan fingerprint density at radius 1 is 0.741 bits per heavy atom. The van der Waals surface area contributed by atoms with Gasteiger partial charge >= 0.3 is 0 Å². The van der Waals surface area contributed by atoms with Crippen molar-refractivity contribution in [2.75, 3.05) is 19.8 Å². The highest BCUT2D eigenvalue weighted by Gasteiger charge is 2.14. The van der Waals surface area contributed by atoms with Gasteiger partial charge in [0.15, 0.2) is 0 Å². The molecule has 3 aromatic rings. The average molecular weight is 359 g/mol. The van der Waals surface area contributed by atoms with Crippen molar-refractivity contribution in [3.8, 4) is 5.75 Å². The summed E-state index contributed by atoms with van der Waals surface area (Å²) < 4.78 is 5.61. The summed E-state index contributed by atoms with van der Waals surface area (Å²) in [6.45, 7) is 1.09. The molecule has 3 heteroatoms. The number of ether oxygens (including phenoxy) is 1. The highest BCUT2D eigenvalue weighted by atomic mass is 16.5. The van der Waals surface area contributed by atoms with Gasteiger partial charge in [-0.1, -0.05) is 72.8 Å². The molecule has 0 heterocycles. The van der Waals surface area contributed by atoms with Gasteiger partial charge in [0.1, 0.15) is 12.4 Å². The molecule has 0 fully saturated rings. The molecule has 0 atom stereocenters. The van der Waals surface area contributed by atoms with Crippen LogP contribution in [0.1, 0.15) is 23.1 Å². The minimum absolute atomic E-state index is 0.0955. The Labute approximate surface area is 160 Å². The molecule has 0 aromatic heterocycles. The van der Waals surface area contributed by atoms with E-state index >= 15 is 0 Å². The van der Waals surface area contributed by atoms with E-state index < -0.39 is 0 Å². The summed E-state index contributed by atoms with van der Waals surface area (Å²) >= 11 is 0. The molecule has 3 N–H and O–H groups in total. The summed E-state index contributed by atoms with van der Waals surface area (Å²) in [6, 6.07) is 28.6. The van der Waals surface area contributed by atoms with E-state index in [0.29, 0.717) is 19.6 Å². The molecule has 0 spiro atoms. The first-order valence-corrected chi connectivity index (χ1v) is 9.21. The third kappa shape index (κ3) is 4.85. The third-order valence-electron chi connectivity index (χ3n) is 4.38. The lowest BCUT2D eigenvalue weighted by molar-refractivity contribution is 0.305. The van der Waals surface area contributed by atoms with Gasteiger partial charge in [-0.3, -0.25) is 0 Å². The first-order chi connectivity index (χ1) is 13.3. The summed E-state index contributed by atoms with van der Waals surface area (Å²) in [5.74, 6) is 0.806. The van der Waals surface area contributed by atoms with Gasteiger partial charge in [-0.2, -0.15) is 0 Å².